The van der Waals surface area contributed by atoms with Crippen LogP contribution in [-0.4, -0.2) is 75.0 Å². The van der Waals surface area contributed by atoms with Gasteiger partial charge in [0.15, 0.2) is 5.96 Å². The molecule has 2 aliphatic rings. The van der Waals surface area contributed by atoms with Crippen LogP contribution >= 0.6 is 24.0 Å². The highest BCUT2D eigenvalue weighted by Crippen LogP contribution is 2.39. The summed E-state index contributed by atoms with van der Waals surface area (Å²) >= 11 is 0. The fourth-order valence-electron chi connectivity index (χ4n) is 4.69. The van der Waals surface area contributed by atoms with Gasteiger partial charge in [0.25, 0.3) is 0 Å². The van der Waals surface area contributed by atoms with Gasteiger partial charge in [-0.25, -0.2) is 0 Å². The number of aliphatic imine (C=N–C) groups is 1. The van der Waals surface area contributed by atoms with Crippen molar-refractivity contribution in [3.63, 3.8) is 0 Å². The molecule has 1 amide bonds. The van der Waals surface area contributed by atoms with Crippen molar-refractivity contribution in [3.05, 3.63) is 0 Å². The minimum atomic E-state index is -0.295. The molecule has 0 bridgehead atoms. The lowest BCUT2D eigenvalue weighted by Crippen LogP contribution is -2.43. The fourth-order valence-corrected chi connectivity index (χ4v) is 4.69. The molecule has 0 spiro atoms. The molecule has 1 atom stereocenters. The first-order valence-corrected chi connectivity index (χ1v) is 11.4. The Kier molecular flexibility index (Phi) is 12.5. The number of nitrogens with zero attached hydrogens (tertiary/aromatic N) is 3. The maximum absolute atomic E-state index is 12.7. The van der Waals surface area contributed by atoms with Gasteiger partial charge in [-0.15, -0.1) is 24.0 Å². The Hall–Kier alpha value is -0.570. The van der Waals surface area contributed by atoms with Crippen LogP contribution in [0.25, 0.3) is 0 Å². The van der Waals surface area contributed by atoms with E-state index in [1.54, 1.807) is 4.90 Å². The summed E-state index contributed by atoms with van der Waals surface area (Å²) in [5.41, 5.74) is -0.295. The number of carbonyl (C=O) groups excluding carboxylic acids is 1. The number of unbranched alkanes of at least 4 members (excludes halogenated alkanes) is 1. The number of hydrogen-bond acceptors (Lipinski definition) is 3. The second-order valence-electron chi connectivity index (χ2n) is 9.06. The molecule has 6 nitrogen and oxygen atoms in total. The molecule has 170 valence electrons. The third kappa shape index (κ3) is 8.59. The molecular formula is C22H44IN5O. The standard InChI is InChI=1S/C22H43N5O.HI/c1-5-23-21(24-14-8-9-15-27-16-10-11-19(2)17-27)25-18-22(12-6-7-13-22)20(28)26(3)4;/h19H,5-18H2,1-4H3,(H2,23,24,25);1H. The topological polar surface area (TPSA) is 60.0 Å². The molecule has 1 saturated carbocycles. The van der Waals surface area contributed by atoms with Crippen LogP contribution in [-0.2, 0) is 4.79 Å². The van der Waals surface area contributed by atoms with E-state index in [4.69, 9.17) is 4.99 Å². The summed E-state index contributed by atoms with van der Waals surface area (Å²) in [4.78, 5) is 21.9. The van der Waals surface area contributed by atoms with Gasteiger partial charge in [-0.2, -0.15) is 0 Å². The van der Waals surface area contributed by atoms with E-state index >= 15 is 0 Å². The minimum absolute atomic E-state index is 0. The third-order valence-corrected chi connectivity index (χ3v) is 6.24. The number of amides is 1. The summed E-state index contributed by atoms with van der Waals surface area (Å²) in [5.74, 6) is 1.94. The van der Waals surface area contributed by atoms with Crippen molar-refractivity contribution >= 4 is 35.8 Å². The zero-order valence-corrected chi connectivity index (χ0v) is 21.5. The van der Waals surface area contributed by atoms with Crippen LogP contribution in [0.1, 0.15) is 65.2 Å². The summed E-state index contributed by atoms with van der Waals surface area (Å²) in [6.45, 7) is 10.6. The van der Waals surface area contributed by atoms with Crippen LogP contribution in [0.4, 0.5) is 0 Å². The van der Waals surface area contributed by atoms with Crippen molar-refractivity contribution in [2.75, 3.05) is 53.4 Å². The number of rotatable bonds is 9. The summed E-state index contributed by atoms with van der Waals surface area (Å²) in [6.07, 6.45) is 9.30. The summed E-state index contributed by atoms with van der Waals surface area (Å²) < 4.78 is 0. The smallest absolute Gasteiger partial charge is 0.230 e. The molecule has 1 saturated heterocycles. The zero-order chi connectivity index (χ0) is 20.4. The van der Waals surface area contributed by atoms with E-state index in [0.29, 0.717) is 6.54 Å². The first kappa shape index (κ1) is 26.5. The van der Waals surface area contributed by atoms with Crippen molar-refractivity contribution in [3.8, 4) is 0 Å². The van der Waals surface area contributed by atoms with Crippen molar-refractivity contribution in [2.45, 2.75) is 65.2 Å². The van der Waals surface area contributed by atoms with Gasteiger partial charge in [0.1, 0.15) is 0 Å². The summed E-state index contributed by atoms with van der Waals surface area (Å²) in [5, 5.41) is 6.81. The Morgan fingerprint density at radius 3 is 2.52 bits per heavy atom. The molecule has 0 aromatic rings. The molecule has 0 aromatic carbocycles. The zero-order valence-electron chi connectivity index (χ0n) is 19.1. The molecule has 1 unspecified atom stereocenters. The van der Waals surface area contributed by atoms with Crippen LogP contribution in [0.5, 0.6) is 0 Å². The number of likely N-dealkylation sites (tertiary alicyclic amines) is 1. The van der Waals surface area contributed by atoms with Gasteiger partial charge in [-0.05, 0) is 64.5 Å². The van der Waals surface area contributed by atoms with Gasteiger partial charge in [-0.3, -0.25) is 9.79 Å². The summed E-state index contributed by atoms with van der Waals surface area (Å²) in [6, 6.07) is 0. The van der Waals surface area contributed by atoms with Crippen molar-refractivity contribution in [2.24, 2.45) is 16.3 Å². The van der Waals surface area contributed by atoms with Gasteiger partial charge < -0.3 is 20.4 Å². The highest BCUT2D eigenvalue weighted by Gasteiger charge is 2.42. The van der Waals surface area contributed by atoms with Crippen LogP contribution in [0.15, 0.2) is 4.99 Å². The number of carbonyl (C=O) groups is 1. The molecule has 2 rings (SSSR count). The van der Waals surface area contributed by atoms with Crippen LogP contribution < -0.4 is 10.6 Å². The maximum atomic E-state index is 12.7. The highest BCUT2D eigenvalue weighted by molar-refractivity contribution is 14.0. The van der Waals surface area contributed by atoms with E-state index in [2.05, 4.69) is 29.4 Å². The van der Waals surface area contributed by atoms with Crippen molar-refractivity contribution in [1.82, 2.24) is 20.4 Å². The Labute approximate surface area is 195 Å². The van der Waals surface area contributed by atoms with Crippen LogP contribution in [0, 0.1) is 11.3 Å². The van der Waals surface area contributed by atoms with Crippen molar-refractivity contribution < 1.29 is 4.79 Å². The molecule has 1 aliphatic carbocycles. The quantitative estimate of drug-likeness (QED) is 0.212. The average molecular weight is 522 g/mol. The van der Waals surface area contributed by atoms with Crippen LogP contribution in [0.2, 0.25) is 0 Å². The summed E-state index contributed by atoms with van der Waals surface area (Å²) in [7, 11) is 3.72. The SMILES string of the molecule is CCNC(=NCC1(C(=O)N(C)C)CCCC1)NCCCCN1CCCC(C)C1.I. The third-order valence-electron chi connectivity index (χ3n) is 6.24. The number of hydrogen-bond donors (Lipinski definition) is 2. The average Bonchev–Trinajstić information content (AvgIpc) is 3.15. The number of guanidine groups is 1. The van der Waals surface area contributed by atoms with Gasteiger partial charge in [0, 0.05) is 33.7 Å². The molecule has 2 N–H and O–H groups in total. The van der Waals surface area contributed by atoms with E-state index in [-0.39, 0.29) is 35.3 Å². The molecule has 2 fully saturated rings. The molecule has 0 aromatic heterocycles. The van der Waals surface area contributed by atoms with E-state index in [0.717, 1.165) is 57.1 Å². The predicted octanol–water partition coefficient (Wildman–Crippen LogP) is 3.32. The molecule has 1 aliphatic heterocycles. The van der Waals surface area contributed by atoms with E-state index in [1.165, 1.54) is 38.9 Å². The second kappa shape index (κ2) is 13.7. The van der Waals surface area contributed by atoms with Gasteiger partial charge in [-0.1, -0.05) is 19.8 Å². The van der Waals surface area contributed by atoms with E-state index in [9.17, 15) is 4.79 Å². The lowest BCUT2D eigenvalue weighted by atomic mass is 9.85. The largest absolute Gasteiger partial charge is 0.357 e. The molecule has 1 heterocycles. The molecule has 29 heavy (non-hydrogen) atoms. The number of piperidine rings is 1. The molecule has 7 heteroatoms. The molecule has 0 radical (unpaired) electrons. The predicted molar refractivity (Wildman–Crippen MR) is 133 cm³/mol. The second-order valence-corrected chi connectivity index (χ2v) is 9.06. The number of halogens is 1. The Morgan fingerprint density at radius 2 is 1.90 bits per heavy atom. The fraction of sp³-hybridized carbons (Fsp3) is 0.909. The Morgan fingerprint density at radius 1 is 1.17 bits per heavy atom. The normalized spacial score (nSPS) is 22.1. The van der Waals surface area contributed by atoms with Gasteiger partial charge in [0.05, 0.1) is 12.0 Å². The first-order chi connectivity index (χ1) is 13.5. The Bertz CT molecular complexity index is 505. The lowest BCUT2D eigenvalue weighted by Gasteiger charge is -2.30. The number of nitrogens with one attached hydrogen (secondary N) is 2. The van der Waals surface area contributed by atoms with Gasteiger partial charge >= 0.3 is 0 Å². The lowest BCUT2D eigenvalue weighted by molar-refractivity contribution is -0.138. The molecular weight excluding hydrogens is 477 g/mol. The Balaban J connectivity index is 0.00000420. The minimum Gasteiger partial charge on any atom is -0.357 e. The van der Waals surface area contributed by atoms with E-state index in [1.807, 2.05) is 14.1 Å². The van der Waals surface area contributed by atoms with E-state index < -0.39 is 0 Å². The highest BCUT2D eigenvalue weighted by atomic mass is 127. The monoisotopic (exact) mass is 521 g/mol. The van der Waals surface area contributed by atoms with Crippen LogP contribution in [0.3, 0.4) is 0 Å². The first-order valence-electron chi connectivity index (χ1n) is 11.4. The van der Waals surface area contributed by atoms with Crippen molar-refractivity contribution in [1.29, 1.82) is 0 Å². The maximum Gasteiger partial charge on any atom is 0.230 e. The van der Waals surface area contributed by atoms with Gasteiger partial charge in [0.2, 0.25) is 5.91 Å².